The molecule has 28 nitrogen and oxygen atoms in total. The van der Waals surface area contributed by atoms with Crippen LogP contribution in [0.4, 0.5) is 55.1 Å². The Morgan fingerprint density at radius 1 is 0.619 bits per heavy atom. The SMILES string of the molecule is Cc1[c-]c(C)c(Nc2ccc3c(-c4ccccc4S(=O)(=O)[O-])c4ccc(=[NH+]c5c(C)c(NC(=O)Nc6cccc(C(=O)[O-])c6)c(C)c(S(=O)(=O)[O-])c5C)cc-4oc3c2)c(C)c1NC(=O)Nc1c[c-]ccc1.Nc1ccccc1.O=C=O.O=C=O.O=CO[O-].O=S(=O)=O.[Na+].[Na+].[Na+].[Na+].[Na+]. The molecule has 0 saturated heterocycles. The van der Waals surface area contributed by atoms with E-state index in [0.717, 1.165) is 11.3 Å². The zero-order valence-corrected chi connectivity index (χ0v) is 66.2. The maximum Gasteiger partial charge on any atom is 1.00 e. The molecule has 1 aliphatic carbocycles. The van der Waals surface area contributed by atoms with Crippen LogP contribution in [-0.4, -0.2) is 75.4 Å². The molecule has 0 saturated carbocycles. The Kier molecular flexibility index (Phi) is 42.4. The molecule has 36 heteroatoms. The van der Waals surface area contributed by atoms with Crippen LogP contribution in [0.1, 0.15) is 43.7 Å². The van der Waals surface area contributed by atoms with E-state index in [-0.39, 0.29) is 217 Å². The molecule has 0 atom stereocenters. The molecule has 7 aromatic rings. The first-order valence-corrected chi connectivity index (χ1v) is 29.5. The number of carbonyl (C=O) groups is 4. The largest absolute Gasteiger partial charge is 1.00 e. The Bertz CT molecular complexity index is 4680. The van der Waals surface area contributed by atoms with Gasteiger partial charge in [0, 0.05) is 62.4 Å². The van der Waals surface area contributed by atoms with Gasteiger partial charge in [-0.05, 0) is 80.4 Å². The monoisotopic (exact) mass is 1430 g/mol. The molecule has 0 unspecified atom stereocenters. The van der Waals surface area contributed by atoms with Crippen molar-refractivity contribution in [3.8, 4) is 22.5 Å². The first-order chi connectivity index (χ1) is 43.5. The molecule has 1 aliphatic heterocycles. The second-order valence-electron chi connectivity index (χ2n) is 18.6. The standard InChI is InChI=1S/C52H44N6O11S2.C6H7N.CH2O3.2CO2.5Na.O3S/c1-27-23-28(2)46(57-51(61)55-34-14-8-7-9-15-34)29(3)45(27)53-36-19-21-38-41(25-36)69-42-26-37(20-22-39(42)44(38)40-17-10-11-18-43(40)70(63,64)65)54-47-30(4)48(32(6)49(31(47)5)71(66,67)68)58-52(62)56-35-16-12-13-33(24-35)50(59)60;7-6-4-2-1-3-5-6;2-1-4-3;2*2-1-3;;;;;;1-4(2)3/h7-8,10-22,24-26,53H,1-6H3,(H,59,60)(H2,55,57,61)(H2,56,58,62)(H,63,64,65)(H,66,67,68);1-5H,7H2;1,3H;;;;;;;;/q-2;;;;;5*+1;/p-3. The fraction of sp³-hybridized carbons (Fsp3) is 0.0984. The van der Waals surface area contributed by atoms with Crippen LogP contribution in [0, 0.1) is 53.7 Å². The van der Waals surface area contributed by atoms with Gasteiger partial charge in [-0.2, -0.15) is 49.5 Å². The van der Waals surface area contributed by atoms with Gasteiger partial charge in [0.2, 0.25) is 11.0 Å². The molecule has 2 aliphatic rings. The molecule has 7 aromatic carbocycles. The second kappa shape index (κ2) is 44.5. The Morgan fingerprint density at radius 3 is 1.69 bits per heavy atom. The number of carboxylic acids is 1. The smallest absolute Gasteiger partial charge is 0.744 e. The molecule has 0 aromatic heterocycles. The molecule has 0 fully saturated rings. The Balaban J connectivity index is 0. The van der Waals surface area contributed by atoms with Crippen molar-refractivity contribution in [2.24, 2.45) is 0 Å². The van der Waals surface area contributed by atoms with E-state index in [4.69, 9.17) is 52.0 Å². The number of aromatic carboxylic acids is 1. The minimum absolute atomic E-state index is 0. The van der Waals surface area contributed by atoms with E-state index >= 15 is 0 Å². The fourth-order valence-electron chi connectivity index (χ4n) is 9.13. The Morgan fingerprint density at radius 2 is 1.16 bits per heavy atom. The van der Waals surface area contributed by atoms with Crippen molar-refractivity contribution in [3.63, 3.8) is 0 Å². The van der Waals surface area contributed by atoms with Gasteiger partial charge in [0.1, 0.15) is 31.6 Å². The summed E-state index contributed by atoms with van der Waals surface area (Å²) in [5.41, 5.74) is 12.0. The number of anilines is 7. The number of carbonyl (C=O) groups excluding carboxylic acids is 8. The average Bonchev–Trinajstić information content (AvgIpc) is 0.751. The van der Waals surface area contributed by atoms with E-state index in [1.165, 1.54) is 56.3 Å². The van der Waals surface area contributed by atoms with Gasteiger partial charge in [-0.15, -0.1) is 35.4 Å². The van der Waals surface area contributed by atoms with Crippen LogP contribution in [-0.2, 0) is 59.7 Å². The molecule has 478 valence electrons. The maximum atomic E-state index is 13.3. The van der Waals surface area contributed by atoms with Gasteiger partial charge in [0.05, 0.1) is 27.5 Å². The maximum absolute atomic E-state index is 13.3. The van der Waals surface area contributed by atoms with Crippen molar-refractivity contribution in [3.05, 3.63) is 196 Å². The molecular weight excluding hydrogens is 1380 g/mol. The van der Waals surface area contributed by atoms with Crippen LogP contribution in [0.25, 0.3) is 33.4 Å². The van der Waals surface area contributed by atoms with Gasteiger partial charge >= 0.3 is 183 Å². The number of para-hydroxylation sites is 1. The van der Waals surface area contributed by atoms with Crippen molar-refractivity contribution in [1.29, 1.82) is 0 Å². The first-order valence-electron chi connectivity index (χ1n) is 25.7. The number of nitrogens with two attached hydrogens (primary N) is 1. The van der Waals surface area contributed by atoms with Crippen LogP contribution < -0.4 is 201 Å². The Hall–Kier alpha value is -6.53. The molecule has 0 radical (unpaired) electrons. The van der Waals surface area contributed by atoms with Gasteiger partial charge in [0.15, 0.2) is 0 Å². The summed E-state index contributed by atoms with van der Waals surface area (Å²) in [7, 11) is -13.3. The quantitative estimate of drug-likeness (QED) is 0.00873. The molecule has 4 amide bonds. The van der Waals surface area contributed by atoms with Crippen molar-refractivity contribution in [2.75, 3.05) is 32.3 Å². The van der Waals surface area contributed by atoms with Gasteiger partial charge in [-0.3, -0.25) is 9.59 Å². The van der Waals surface area contributed by atoms with E-state index in [1.807, 2.05) is 51.1 Å². The molecular formula is C61H50N7Na5O21S3. The summed E-state index contributed by atoms with van der Waals surface area (Å²) in [5, 5.41) is 34.8. The van der Waals surface area contributed by atoms with Crippen LogP contribution in [0.15, 0.2) is 154 Å². The van der Waals surface area contributed by atoms with Gasteiger partial charge in [-0.1, -0.05) is 86.4 Å². The van der Waals surface area contributed by atoms with E-state index in [1.54, 1.807) is 73.7 Å². The number of hydrogen-bond acceptors (Lipinski definition) is 23. The number of hydrogen-bond donors (Lipinski definition) is 7. The molecule has 97 heavy (non-hydrogen) atoms. The number of urea groups is 2. The Labute approximate surface area is 667 Å². The summed E-state index contributed by atoms with van der Waals surface area (Å²) in [4.78, 5) is 83.7. The number of rotatable bonds is 12. The van der Waals surface area contributed by atoms with Crippen LogP contribution in [0.2, 0.25) is 0 Å². The second-order valence-corrected chi connectivity index (χ2v) is 21.6. The number of carboxylic acid groups (broad SMARTS) is 1. The van der Waals surface area contributed by atoms with E-state index in [2.05, 4.69) is 48.6 Å². The predicted molar refractivity (Wildman–Crippen MR) is 320 cm³/mol. The summed E-state index contributed by atoms with van der Waals surface area (Å²) in [6.07, 6.45) is 0.500. The third-order valence-electron chi connectivity index (χ3n) is 12.6. The number of nitrogens with one attached hydrogen (secondary N) is 6. The number of aryl methyl sites for hydroxylation is 2. The predicted octanol–water partition coefficient (Wildman–Crippen LogP) is -10.3. The van der Waals surface area contributed by atoms with Crippen molar-refractivity contribution in [1.82, 2.24) is 0 Å². The zero-order valence-electron chi connectivity index (χ0n) is 53.7. The van der Waals surface area contributed by atoms with E-state index < -0.39 is 58.7 Å². The number of benzene rings is 8. The molecule has 1 heterocycles. The van der Waals surface area contributed by atoms with Gasteiger partial charge in [0.25, 0.3) is 6.47 Å². The summed E-state index contributed by atoms with van der Waals surface area (Å²) < 4.78 is 109. The van der Waals surface area contributed by atoms with Crippen LogP contribution >= 0.6 is 0 Å². The van der Waals surface area contributed by atoms with Crippen molar-refractivity contribution >= 4 is 124 Å². The average molecular weight is 1430 g/mol. The topological polar surface area (TPSA) is 471 Å². The third kappa shape index (κ3) is 27.6. The minimum atomic E-state index is -5.15. The molecule has 0 bridgehead atoms. The van der Waals surface area contributed by atoms with Gasteiger partial charge < -0.3 is 65.9 Å². The van der Waals surface area contributed by atoms with Gasteiger partial charge in [-0.25, -0.2) is 26.6 Å². The summed E-state index contributed by atoms with van der Waals surface area (Å²) in [6, 6.07) is 42.2. The van der Waals surface area contributed by atoms with E-state index in [9.17, 15) is 45.4 Å². The fourth-order valence-corrected chi connectivity index (χ4v) is 10.8. The zero-order chi connectivity index (χ0) is 68.6. The normalized spacial score (nSPS) is 9.97. The first kappa shape index (κ1) is 92.5. The van der Waals surface area contributed by atoms with Crippen LogP contribution in [0.5, 0.6) is 0 Å². The summed E-state index contributed by atoms with van der Waals surface area (Å²) >= 11 is 0. The van der Waals surface area contributed by atoms with E-state index in [0.29, 0.717) is 61.3 Å². The number of fused-ring (bicyclic) bond motifs is 2. The molecule has 0 spiro atoms. The summed E-state index contributed by atoms with van der Waals surface area (Å²) in [5.74, 6) is -1.28. The minimum Gasteiger partial charge on any atom is -0.744 e. The van der Waals surface area contributed by atoms with Crippen molar-refractivity contribution in [2.45, 2.75) is 51.3 Å². The molecule has 8 N–H and O–H groups in total. The number of nitrogen functional groups attached to an aromatic ring is 1. The third-order valence-corrected chi connectivity index (χ3v) is 14.6. The van der Waals surface area contributed by atoms with Crippen molar-refractivity contribution < 1.29 is 249 Å². The molecule has 9 rings (SSSR count). The number of amides is 4. The summed E-state index contributed by atoms with van der Waals surface area (Å²) in [6.45, 7) is 9.74. The van der Waals surface area contributed by atoms with Crippen LogP contribution in [0.3, 0.4) is 0 Å².